The maximum absolute atomic E-state index is 13.2. The number of rotatable bonds is 5. The molecule has 0 radical (unpaired) electrons. The maximum atomic E-state index is 13.2. The van der Waals surface area contributed by atoms with E-state index < -0.39 is 0 Å². The molecule has 0 saturated carbocycles. The molecule has 1 amide bonds. The molecule has 0 fully saturated rings. The van der Waals surface area contributed by atoms with Crippen molar-refractivity contribution in [3.63, 3.8) is 0 Å². The quantitative estimate of drug-likeness (QED) is 0.704. The predicted octanol–water partition coefficient (Wildman–Crippen LogP) is 2.95. The highest BCUT2D eigenvalue weighted by Crippen LogP contribution is 2.27. The van der Waals surface area contributed by atoms with Crippen LogP contribution in [0.25, 0.3) is 0 Å². The number of hydrogen-bond donors (Lipinski definition) is 0. The number of aromatic nitrogens is 3. The second-order valence-electron chi connectivity index (χ2n) is 6.79. The molecule has 3 aromatic rings. The van der Waals surface area contributed by atoms with Crippen LogP contribution in [-0.2, 0) is 33.0 Å². The van der Waals surface area contributed by atoms with Crippen molar-refractivity contribution in [1.29, 1.82) is 0 Å². The first-order valence-corrected chi connectivity index (χ1v) is 8.82. The smallest absolute Gasteiger partial charge is 0.260 e. The standard InChI is InChI=1S/C19H22N4O3/c1-12-18(13(2)26-21-12)19(24)23(10-14-6-5-9-25-14)11-16-15-7-4-8-17(15)22(3)20-16/h5-6,9H,4,7-8,10-11H2,1-3H3. The second kappa shape index (κ2) is 6.48. The van der Waals surface area contributed by atoms with Crippen LogP contribution in [0.4, 0.5) is 0 Å². The fourth-order valence-corrected chi connectivity index (χ4v) is 3.74. The Balaban J connectivity index is 1.67. The average Bonchev–Trinajstić information content (AvgIpc) is 3.36. The first-order chi connectivity index (χ1) is 12.5. The Morgan fingerprint density at radius 3 is 2.85 bits per heavy atom. The summed E-state index contributed by atoms with van der Waals surface area (Å²) in [5.74, 6) is 1.15. The van der Waals surface area contributed by atoms with E-state index >= 15 is 0 Å². The van der Waals surface area contributed by atoms with Crippen molar-refractivity contribution in [2.45, 2.75) is 46.2 Å². The molecule has 0 spiro atoms. The van der Waals surface area contributed by atoms with Gasteiger partial charge >= 0.3 is 0 Å². The summed E-state index contributed by atoms with van der Waals surface area (Å²) in [6, 6.07) is 3.70. The van der Waals surface area contributed by atoms with Crippen LogP contribution in [0.3, 0.4) is 0 Å². The fourth-order valence-electron chi connectivity index (χ4n) is 3.74. The van der Waals surface area contributed by atoms with Gasteiger partial charge in [0.2, 0.25) is 0 Å². The maximum Gasteiger partial charge on any atom is 0.260 e. The van der Waals surface area contributed by atoms with E-state index in [1.807, 2.05) is 23.9 Å². The average molecular weight is 354 g/mol. The van der Waals surface area contributed by atoms with Gasteiger partial charge in [0.1, 0.15) is 17.1 Å². The number of fused-ring (bicyclic) bond motifs is 1. The fraction of sp³-hybridized carbons (Fsp3) is 0.421. The highest BCUT2D eigenvalue weighted by Gasteiger charge is 2.28. The van der Waals surface area contributed by atoms with Gasteiger partial charge in [0.15, 0.2) is 0 Å². The Hall–Kier alpha value is -2.83. The van der Waals surface area contributed by atoms with Crippen molar-refractivity contribution in [2.24, 2.45) is 7.05 Å². The lowest BCUT2D eigenvalue weighted by atomic mass is 10.1. The van der Waals surface area contributed by atoms with Crippen molar-refractivity contribution in [3.8, 4) is 0 Å². The summed E-state index contributed by atoms with van der Waals surface area (Å²) in [6.07, 6.45) is 4.83. The van der Waals surface area contributed by atoms with E-state index in [9.17, 15) is 4.79 Å². The van der Waals surface area contributed by atoms with Crippen LogP contribution in [0.2, 0.25) is 0 Å². The Labute approximate surface area is 151 Å². The largest absolute Gasteiger partial charge is 0.467 e. The molecule has 0 aromatic carbocycles. The lowest BCUT2D eigenvalue weighted by molar-refractivity contribution is 0.0712. The number of nitrogens with zero attached hydrogens (tertiary/aromatic N) is 4. The molecule has 0 N–H and O–H groups in total. The van der Waals surface area contributed by atoms with Gasteiger partial charge in [0, 0.05) is 12.7 Å². The molecule has 0 bridgehead atoms. The molecular formula is C19H22N4O3. The zero-order chi connectivity index (χ0) is 18.3. The van der Waals surface area contributed by atoms with E-state index in [-0.39, 0.29) is 5.91 Å². The van der Waals surface area contributed by atoms with Gasteiger partial charge < -0.3 is 13.8 Å². The molecule has 0 atom stereocenters. The number of carbonyl (C=O) groups is 1. The number of furan rings is 1. The van der Waals surface area contributed by atoms with Crippen LogP contribution >= 0.6 is 0 Å². The molecule has 7 nitrogen and oxygen atoms in total. The number of carbonyl (C=O) groups excluding carboxylic acids is 1. The number of aryl methyl sites for hydroxylation is 3. The Bertz CT molecular complexity index is 917. The second-order valence-corrected chi connectivity index (χ2v) is 6.79. The molecule has 136 valence electrons. The first-order valence-electron chi connectivity index (χ1n) is 8.82. The summed E-state index contributed by atoms with van der Waals surface area (Å²) in [6.45, 7) is 4.36. The minimum atomic E-state index is -0.116. The Kier molecular flexibility index (Phi) is 4.14. The molecule has 1 aliphatic rings. The van der Waals surface area contributed by atoms with E-state index in [1.54, 1.807) is 25.0 Å². The SMILES string of the molecule is Cc1noc(C)c1C(=O)N(Cc1ccco1)Cc1nn(C)c2c1CCC2. The molecular weight excluding hydrogens is 332 g/mol. The van der Waals surface area contributed by atoms with Crippen LogP contribution in [0, 0.1) is 13.8 Å². The predicted molar refractivity (Wildman–Crippen MR) is 93.5 cm³/mol. The molecule has 0 aliphatic heterocycles. The van der Waals surface area contributed by atoms with Gasteiger partial charge in [-0.05, 0) is 50.8 Å². The van der Waals surface area contributed by atoms with Gasteiger partial charge in [0.05, 0.1) is 30.7 Å². The van der Waals surface area contributed by atoms with Crippen LogP contribution in [-0.4, -0.2) is 25.7 Å². The molecule has 26 heavy (non-hydrogen) atoms. The van der Waals surface area contributed by atoms with Crippen molar-refractivity contribution in [2.75, 3.05) is 0 Å². The summed E-state index contributed by atoms with van der Waals surface area (Å²) in [5.41, 5.74) is 4.64. The lowest BCUT2D eigenvalue weighted by Crippen LogP contribution is -2.31. The van der Waals surface area contributed by atoms with E-state index in [0.717, 1.165) is 30.7 Å². The zero-order valence-corrected chi connectivity index (χ0v) is 15.3. The molecule has 3 aromatic heterocycles. The third-order valence-corrected chi connectivity index (χ3v) is 5.00. The minimum absolute atomic E-state index is 0.116. The Morgan fingerprint density at radius 1 is 1.31 bits per heavy atom. The van der Waals surface area contributed by atoms with Crippen LogP contribution < -0.4 is 0 Å². The van der Waals surface area contributed by atoms with E-state index in [2.05, 4.69) is 10.3 Å². The normalized spacial score (nSPS) is 13.2. The van der Waals surface area contributed by atoms with Gasteiger partial charge in [-0.25, -0.2) is 0 Å². The van der Waals surface area contributed by atoms with Crippen molar-refractivity contribution in [1.82, 2.24) is 19.8 Å². The van der Waals surface area contributed by atoms with Crippen molar-refractivity contribution >= 4 is 5.91 Å². The van der Waals surface area contributed by atoms with Crippen molar-refractivity contribution < 1.29 is 13.7 Å². The van der Waals surface area contributed by atoms with Gasteiger partial charge in [-0.2, -0.15) is 5.10 Å². The van der Waals surface area contributed by atoms with E-state index in [4.69, 9.17) is 8.94 Å². The highest BCUT2D eigenvalue weighted by atomic mass is 16.5. The van der Waals surface area contributed by atoms with Gasteiger partial charge in [-0.1, -0.05) is 5.16 Å². The minimum Gasteiger partial charge on any atom is -0.467 e. The zero-order valence-electron chi connectivity index (χ0n) is 15.3. The van der Waals surface area contributed by atoms with Crippen LogP contribution in [0.1, 0.15) is 50.9 Å². The molecule has 3 heterocycles. The summed E-state index contributed by atoms with van der Waals surface area (Å²) in [4.78, 5) is 15.0. The highest BCUT2D eigenvalue weighted by molar-refractivity contribution is 5.96. The number of amides is 1. The molecule has 1 aliphatic carbocycles. The molecule has 0 unspecified atom stereocenters. The third-order valence-electron chi connectivity index (χ3n) is 5.00. The van der Waals surface area contributed by atoms with Crippen LogP contribution in [0.5, 0.6) is 0 Å². The van der Waals surface area contributed by atoms with Gasteiger partial charge in [-0.15, -0.1) is 0 Å². The lowest BCUT2D eigenvalue weighted by Gasteiger charge is -2.21. The molecule has 7 heteroatoms. The van der Waals surface area contributed by atoms with E-state index in [1.165, 1.54) is 11.3 Å². The van der Waals surface area contributed by atoms with Gasteiger partial charge in [0.25, 0.3) is 5.91 Å². The van der Waals surface area contributed by atoms with Crippen molar-refractivity contribution in [3.05, 3.63) is 58.1 Å². The first kappa shape index (κ1) is 16.6. The third kappa shape index (κ3) is 2.83. The summed E-state index contributed by atoms with van der Waals surface area (Å²) in [5, 5.41) is 8.58. The monoisotopic (exact) mass is 354 g/mol. The van der Waals surface area contributed by atoms with Gasteiger partial charge in [-0.3, -0.25) is 9.48 Å². The topological polar surface area (TPSA) is 77.3 Å². The summed E-state index contributed by atoms with van der Waals surface area (Å²) in [7, 11) is 1.97. The van der Waals surface area contributed by atoms with E-state index in [0.29, 0.717) is 30.1 Å². The van der Waals surface area contributed by atoms with Crippen LogP contribution in [0.15, 0.2) is 27.3 Å². The molecule has 0 saturated heterocycles. The molecule has 4 rings (SSSR count). The number of hydrogen-bond acceptors (Lipinski definition) is 5. The Morgan fingerprint density at radius 2 is 2.15 bits per heavy atom. The summed E-state index contributed by atoms with van der Waals surface area (Å²) < 4.78 is 12.6. The summed E-state index contributed by atoms with van der Waals surface area (Å²) >= 11 is 0.